The van der Waals surface area contributed by atoms with Crippen LogP contribution in [0.4, 0.5) is 5.95 Å². The maximum absolute atomic E-state index is 6.10. The molecule has 0 bridgehead atoms. The Bertz CT molecular complexity index is 618. The van der Waals surface area contributed by atoms with Crippen LogP contribution in [0, 0.1) is 6.92 Å². The van der Waals surface area contributed by atoms with Gasteiger partial charge in [-0.2, -0.15) is 4.98 Å². The highest BCUT2D eigenvalue weighted by atomic mass is 32.1. The summed E-state index contributed by atoms with van der Waals surface area (Å²) in [6.45, 7) is 6.19. The number of rotatable bonds is 2. The Morgan fingerprint density at radius 2 is 2.00 bits per heavy atom. The van der Waals surface area contributed by atoms with Crippen molar-refractivity contribution in [2.75, 3.05) is 5.73 Å². The molecule has 1 fully saturated rings. The molecule has 2 atom stereocenters. The fourth-order valence-corrected chi connectivity index (χ4v) is 3.60. The summed E-state index contributed by atoms with van der Waals surface area (Å²) in [7, 11) is 0. The maximum atomic E-state index is 6.10. The van der Waals surface area contributed by atoms with Crippen LogP contribution in [0.2, 0.25) is 0 Å². The van der Waals surface area contributed by atoms with Gasteiger partial charge in [-0.15, -0.1) is 11.3 Å². The van der Waals surface area contributed by atoms with Crippen molar-refractivity contribution >= 4 is 27.5 Å². The third kappa shape index (κ3) is 2.71. The molecule has 1 aliphatic heterocycles. The lowest BCUT2D eigenvalue weighted by atomic mass is 10.0. The summed E-state index contributed by atoms with van der Waals surface area (Å²) in [5.74, 6) is 0.866. The van der Waals surface area contributed by atoms with E-state index in [9.17, 15) is 0 Å². The van der Waals surface area contributed by atoms with Gasteiger partial charge in [0.05, 0.1) is 17.6 Å². The number of nitrogen functional groups attached to an aromatic ring is 1. The molecule has 0 saturated carbocycles. The molecule has 2 unspecified atom stereocenters. The summed E-state index contributed by atoms with van der Waals surface area (Å²) in [5.41, 5.74) is 5.77. The van der Waals surface area contributed by atoms with Gasteiger partial charge < -0.3 is 15.2 Å². The van der Waals surface area contributed by atoms with Gasteiger partial charge in [0.2, 0.25) is 11.8 Å². The first-order chi connectivity index (χ1) is 9.51. The van der Waals surface area contributed by atoms with Crippen molar-refractivity contribution in [1.29, 1.82) is 0 Å². The van der Waals surface area contributed by atoms with Gasteiger partial charge in [0.25, 0.3) is 0 Å². The number of aryl methyl sites for hydroxylation is 1. The zero-order chi connectivity index (χ0) is 14.3. The number of anilines is 1. The number of hydrogen-bond donors (Lipinski definition) is 1. The van der Waals surface area contributed by atoms with Crippen LogP contribution in [0.3, 0.4) is 0 Å². The van der Waals surface area contributed by atoms with E-state index in [1.165, 1.54) is 4.88 Å². The monoisotopic (exact) mass is 293 g/mol. The van der Waals surface area contributed by atoms with Crippen LogP contribution in [-0.2, 0) is 4.74 Å². The van der Waals surface area contributed by atoms with Crippen molar-refractivity contribution < 1.29 is 9.47 Å². The molecule has 0 amide bonds. The van der Waals surface area contributed by atoms with Gasteiger partial charge in [-0.05, 0) is 26.8 Å². The summed E-state index contributed by atoms with van der Waals surface area (Å²) in [6, 6.07) is 2.06. The largest absolute Gasteiger partial charge is 0.474 e. The average Bonchev–Trinajstić information content (AvgIpc) is 2.68. The Labute approximate surface area is 122 Å². The molecule has 0 spiro atoms. The summed E-state index contributed by atoms with van der Waals surface area (Å²) in [4.78, 5) is 10.6. The summed E-state index contributed by atoms with van der Waals surface area (Å²) in [5, 5.41) is 0.952. The van der Waals surface area contributed by atoms with Gasteiger partial charge in [-0.25, -0.2) is 4.98 Å². The van der Waals surface area contributed by atoms with E-state index in [-0.39, 0.29) is 24.3 Å². The minimum Gasteiger partial charge on any atom is -0.474 e. The lowest BCUT2D eigenvalue weighted by molar-refractivity contribution is -0.0726. The van der Waals surface area contributed by atoms with E-state index in [2.05, 4.69) is 29.9 Å². The Morgan fingerprint density at radius 1 is 1.30 bits per heavy atom. The van der Waals surface area contributed by atoms with Crippen molar-refractivity contribution in [3.05, 3.63) is 10.9 Å². The maximum Gasteiger partial charge on any atom is 0.227 e. The van der Waals surface area contributed by atoms with Crippen molar-refractivity contribution in [1.82, 2.24) is 9.97 Å². The van der Waals surface area contributed by atoms with Gasteiger partial charge in [-0.3, -0.25) is 0 Å². The van der Waals surface area contributed by atoms with Crippen LogP contribution < -0.4 is 10.5 Å². The minimum atomic E-state index is 0.117. The number of aromatic nitrogens is 2. The van der Waals surface area contributed by atoms with Crippen molar-refractivity contribution in [3.8, 4) is 5.88 Å². The summed E-state index contributed by atoms with van der Waals surface area (Å²) in [6.07, 6.45) is 2.29. The summed E-state index contributed by atoms with van der Waals surface area (Å²) >= 11 is 1.61. The minimum absolute atomic E-state index is 0.117. The average molecular weight is 293 g/mol. The zero-order valence-corrected chi connectivity index (χ0v) is 12.7. The van der Waals surface area contributed by atoms with Crippen LogP contribution in [0.15, 0.2) is 6.07 Å². The number of nitrogens with two attached hydrogens (primary N) is 1. The van der Waals surface area contributed by atoms with Gasteiger partial charge in [-0.1, -0.05) is 0 Å². The molecule has 0 radical (unpaired) electrons. The molecule has 2 aromatic heterocycles. The normalized spacial score (nSPS) is 26.9. The number of fused-ring (bicyclic) bond motifs is 1. The molecular formula is C14H19N3O2S. The van der Waals surface area contributed by atoms with Crippen LogP contribution in [0.5, 0.6) is 5.88 Å². The second-order valence-electron chi connectivity index (χ2n) is 5.43. The summed E-state index contributed by atoms with van der Waals surface area (Å²) < 4.78 is 11.8. The molecule has 6 heteroatoms. The Balaban J connectivity index is 1.90. The lowest BCUT2D eigenvalue weighted by Crippen LogP contribution is -2.35. The number of hydrogen-bond acceptors (Lipinski definition) is 6. The fourth-order valence-electron chi connectivity index (χ4n) is 2.72. The number of ether oxygens (including phenoxy) is 2. The molecule has 1 saturated heterocycles. The Kier molecular flexibility index (Phi) is 3.52. The second-order valence-corrected chi connectivity index (χ2v) is 6.67. The molecule has 1 aliphatic rings. The molecule has 0 aromatic carbocycles. The molecule has 2 N–H and O–H groups in total. The Hall–Kier alpha value is -1.40. The first kappa shape index (κ1) is 13.6. The first-order valence-corrected chi connectivity index (χ1v) is 7.68. The van der Waals surface area contributed by atoms with E-state index in [1.807, 2.05) is 6.92 Å². The third-order valence-corrected chi connectivity index (χ3v) is 4.38. The fraction of sp³-hybridized carbons (Fsp3) is 0.571. The van der Waals surface area contributed by atoms with Crippen molar-refractivity contribution in [3.63, 3.8) is 0 Å². The Morgan fingerprint density at radius 3 is 2.70 bits per heavy atom. The first-order valence-electron chi connectivity index (χ1n) is 6.87. The van der Waals surface area contributed by atoms with E-state index in [0.717, 1.165) is 23.1 Å². The molecular weight excluding hydrogens is 274 g/mol. The van der Waals surface area contributed by atoms with Gasteiger partial charge in [0.15, 0.2) is 0 Å². The van der Waals surface area contributed by atoms with Gasteiger partial charge >= 0.3 is 0 Å². The number of nitrogens with zero attached hydrogens (tertiary/aromatic N) is 2. The smallest absolute Gasteiger partial charge is 0.227 e. The van der Waals surface area contributed by atoms with Crippen LogP contribution in [0.25, 0.3) is 10.2 Å². The molecule has 0 aliphatic carbocycles. The predicted octanol–water partition coefficient (Wildman–Crippen LogP) is 2.92. The van der Waals surface area contributed by atoms with Crippen molar-refractivity contribution in [2.24, 2.45) is 0 Å². The molecule has 3 heterocycles. The SMILES string of the molecule is Cc1cc2c(OC3CC(C)OC(C)C3)nc(N)nc2s1. The zero-order valence-electron chi connectivity index (χ0n) is 11.9. The van der Waals surface area contributed by atoms with Crippen LogP contribution in [0.1, 0.15) is 31.6 Å². The van der Waals surface area contributed by atoms with E-state index < -0.39 is 0 Å². The lowest BCUT2D eigenvalue weighted by Gasteiger charge is -2.32. The standard InChI is InChI=1S/C14H19N3O2S/c1-7-4-10(5-8(2)18-7)19-12-11-6-9(3)20-13(11)17-14(15)16-12/h6-8,10H,4-5H2,1-3H3,(H2,15,16,17). The predicted molar refractivity (Wildman–Crippen MR) is 80.2 cm³/mol. The van der Waals surface area contributed by atoms with Crippen LogP contribution >= 0.6 is 11.3 Å². The molecule has 20 heavy (non-hydrogen) atoms. The topological polar surface area (TPSA) is 70.3 Å². The van der Waals surface area contributed by atoms with E-state index in [1.54, 1.807) is 11.3 Å². The van der Waals surface area contributed by atoms with E-state index in [0.29, 0.717) is 5.88 Å². The van der Waals surface area contributed by atoms with Gasteiger partial charge in [0, 0.05) is 17.7 Å². The molecule has 3 rings (SSSR count). The highest BCUT2D eigenvalue weighted by Crippen LogP contribution is 2.32. The highest BCUT2D eigenvalue weighted by Gasteiger charge is 2.27. The number of thiophene rings is 1. The van der Waals surface area contributed by atoms with E-state index in [4.69, 9.17) is 15.2 Å². The molecule has 5 nitrogen and oxygen atoms in total. The molecule has 108 valence electrons. The van der Waals surface area contributed by atoms with Crippen molar-refractivity contribution in [2.45, 2.75) is 51.9 Å². The molecule has 2 aromatic rings. The quantitative estimate of drug-likeness (QED) is 0.922. The van der Waals surface area contributed by atoms with Crippen LogP contribution in [-0.4, -0.2) is 28.3 Å². The third-order valence-electron chi connectivity index (χ3n) is 3.43. The highest BCUT2D eigenvalue weighted by molar-refractivity contribution is 7.18. The van der Waals surface area contributed by atoms with E-state index >= 15 is 0 Å². The second kappa shape index (κ2) is 5.18. The van der Waals surface area contributed by atoms with Gasteiger partial charge in [0.1, 0.15) is 10.9 Å².